The van der Waals surface area contributed by atoms with Crippen molar-refractivity contribution in [2.24, 2.45) is 5.73 Å². The Morgan fingerprint density at radius 1 is 1.40 bits per heavy atom. The summed E-state index contributed by atoms with van der Waals surface area (Å²) in [6.45, 7) is 0.908. The van der Waals surface area contributed by atoms with Gasteiger partial charge in [0.15, 0.2) is 0 Å². The SMILES string of the molecule is NC(=O)NCC(=O)N1CCCN1c1ccc(F)cc1Cl. The zero-order valence-electron chi connectivity index (χ0n) is 10.6. The van der Waals surface area contributed by atoms with Gasteiger partial charge in [0.1, 0.15) is 12.4 Å². The second-order valence-electron chi connectivity index (χ2n) is 4.31. The van der Waals surface area contributed by atoms with Gasteiger partial charge in [-0.3, -0.25) is 14.8 Å². The number of rotatable bonds is 3. The lowest BCUT2D eigenvalue weighted by Gasteiger charge is -2.30. The summed E-state index contributed by atoms with van der Waals surface area (Å²) in [6.07, 6.45) is 0.760. The predicted octanol–water partition coefficient (Wildman–Crippen LogP) is 1.10. The van der Waals surface area contributed by atoms with E-state index in [4.69, 9.17) is 17.3 Å². The molecule has 1 aromatic rings. The van der Waals surface area contributed by atoms with Gasteiger partial charge in [-0.2, -0.15) is 0 Å². The van der Waals surface area contributed by atoms with Gasteiger partial charge in [-0.25, -0.2) is 9.18 Å². The number of carbonyl (C=O) groups excluding carboxylic acids is 2. The lowest BCUT2D eigenvalue weighted by Crippen LogP contribution is -2.47. The molecule has 3 amide bonds. The van der Waals surface area contributed by atoms with Crippen LogP contribution in [0.4, 0.5) is 14.9 Å². The molecule has 8 heteroatoms. The van der Waals surface area contributed by atoms with Crippen molar-refractivity contribution in [3.05, 3.63) is 29.0 Å². The summed E-state index contributed by atoms with van der Waals surface area (Å²) in [5.74, 6) is -0.743. The fourth-order valence-electron chi connectivity index (χ4n) is 2.07. The van der Waals surface area contributed by atoms with Gasteiger partial charge < -0.3 is 11.1 Å². The van der Waals surface area contributed by atoms with Crippen molar-refractivity contribution in [2.45, 2.75) is 6.42 Å². The van der Waals surface area contributed by atoms with Gasteiger partial charge in [0, 0.05) is 13.1 Å². The zero-order chi connectivity index (χ0) is 14.7. The van der Waals surface area contributed by atoms with E-state index in [0.29, 0.717) is 18.8 Å². The number of benzene rings is 1. The van der Waals surface area contributed by atoms with Crippen LogP contribution < -0.4 is 16.1 Å². The van der Waals surface area contributed by atoms with Crippen LogP contribution in [0.5, 0.6) is 0 Å². The maximum atomic E-state index is 13.1. The molecule has 0 saturated carbocycles. The number of nitrogens with two attached hydrogens (primary N) is 1. The molecule has 1 saturated heterocycles. The maximum absolute atomic E-state index is 13.1. The van der Waals surface area contributed by atoms with Crippen molar-refractivity contribution in [1.82, 2.24) is 10.3 Å². The average Bonchev–Trinajstić information content (AvgIpc) is 2.85. The van der Waals surface area contributed by atoms with Gasteiger partial charge in [-0.15, -0.1) is 0 Å². The third-order valence-electron chi connectivity index (χ3n) is 2.92. The Bertz CT molecular complexity index is 540. The number of urea groups is 1. The second-order valence-corrected chi connectivity index (χ2v) is 4.71. The van der Waals surface area contributed by atoms with E-state index in [0.717, 1.165) is 6.42 Å². The van der Waals surface area contributed by atoms with Crippen LogP contribution in [-0.2, 0) is 4.79 Å². The van der Waals surface area contributed by atoms with Gasteiger partial charge >= 0.3 is 6.03 Å². The predicted molar refractivity (Wildman–Crippen MR) is 72.7 cm³/mol. The third-order valence-corrected chi connectivity index (χ3v) is 3.22. The van der Waals surface area contributed by atoms with E-state index in [9.17, 15) is 14.0 Å². The minimum absolute atomic E-state index is 0.190. The van der Waals surface area contributed by atoms with Crippen molar-refractivity contribution >= 4 is 29.2 Å². The molecule has 1 aliphatic rings. The minimum Gasteiger partial charge on any atom is -0.352 e. The fraction of sp³-hybridized carbons (Fsp3) is 0.333. The van der Waals surface area contributed by atoms with E-state index < -0.39 is 11.8 Å². The Kier molecular flexibility index (Phi) is 4.29. The number of amides is 3. The number of primary amides is 1. The standard InChI is InChI=1S/C12H14ClFN4O2/c13-9-6-8(14)2-3-10(9)17-4-1-5-18(17)11(19)7-16-12(15)20/h2-3,6H,1,4-5,7H2,(H3,15,16,20). The molecular formula is C12H14ClFN4O2. The highest BCUT2D eigenvalue weighted by Crippen LogP contribution is 2.30. The molecule has 1 aliphatic heterocycles. The lowest BCUT2D eigenvalue weighted by molar-refractivity contribution is -0.129. The topological polar surface area (TPSA) is 78.7 Å². The van der Waals surface area contributed by atoms with Crippen molar-refractivity contribution < 1.29 is 14.0 Å². The van der Waals surface area contributed by atoms with Crippen LogP contribution in [0.25, 0.3) is 0 Å². The maximum Gasteiger partial charge on any atom is 0.312 e. The van der Waals surface area contributed by atoms with Crippen LogP contribution in [0.15, 0.2) is 18.2 Å². The highest BCUT2D eigenvalue weighted by atomic mass is 35.5. The second kappa shape index (κ2) is 5.96. The Morgan fingerprint density at radius 3 is 2.80 bits per heavy atom. The Hall–Kier alpha value is -2.02. The first-order chi connectivity index (χ1) is 9.49. The van der Waals surface area contributed by atoms with Crippen LogP contribution in [0.2, 0.25) is 5.02 Å². The molecule has 0 radical (unpaired) electrons. The molecule has 0 aromatic heterocycles. The number of carbonyl (C=O) groups is 2. The van der Waals surface area contributed by atoms with Gasteiger partial charge in [-0.1, -0.05) is 11.6 Å². The third kappa shape index (κ3) is 3.11. The Morgan fingerprint density at radius 2 is 2.15 bits per heavy atom. The normalized spacial score (nSPS) is 14.5. The van der Waals surface area contributed by atoms with Gasteiger partial charge in [-0.05, 0) is 24.6 Å². The minimum atomic E-state index is -0.760. The molecular weight excluding hydrogens is 287 g/mol. The summed E-state index contributed by atoms with van der Waals surface area (Å²) in [7, 11) is 0. The molecule has 1 fully saturated rings. The number of hydrogen-bond acceptors (Lipinski definition) is 3. The number of halogens is 2. The van der Waals surface area contributed by atoms with Gasteiger partial charge in [0.25, 0.3) is 5.91 Å². The molecule has 1 aromatic carbocycles. The van der Waals surface area contributed by atoms with E-state index in [-0.39, 0.29) is 17.5 Å². The molecule has 3 N–H and O–H groups in total. The molecule has 20 heavy (non-hydrogen) atoms. The van der Waals surface area contributed by atoms with Crippen molar-refractivity contribution in [2.75, 3.05) is 24.6 Å². The molecule has 108 valence electrons. The fourth-order valence-corrected chi connectivity index (χ4v) is 2.33. The van der Waals surface area contributed by atoms with Crippen molar-refractivity contribution in [1.29, 1.82) is 0 Å². The zero-order valence-corrected chi connectivity index (χ0v) is 11.4. The van der Waals surface area contributed by atoms with E-state index in [1.807, 2.05) is 0 Å². The number of nitrogens with zero attached hydrogens (tertiary/aromatic N) is 2. The average molecular weight is 301 g/mol. The summed E-state index contributed by atoms with van der Waals surface area (Å²) in [4.78, 5) is 22.6. The highest BCUT2D eigenvalue weighted by Gasteiger charge is 2.28. The van der Waals surface area contributed by atoms with Crippen LogP contribution in [-0.4, -0.2) is 36.6 Å². The Labute approximate surface area is 120 Å². The molecule has 0 spiro atoms. The first kappa shape index (κ1) is 14.4. The summed E-state index contributed by atoms with van der Waals surface area (Å²) >= 11 is 6.00. The van der Waals surface area contributed by atoms with E-state index in [2.05, 4.69) is 5.32 Å². The van der Waals surface area contributed by atoms with Crippen LogP contribution >= 0.6 is 11.6 Å². The van der Waals surface area contributed by atoms with E-state index in [1.165, 1.54) is 23.2 Å². The largest absolute Gasteiger partial charge is 0.352 e. The summed E-state index contributed by atoms with van der Waals surface area (Å²) in [5.41, 5.74) is 5.48. The number of hydrogen-bond donors (Lipinski definition) is 2. The molecule has 0 unspecified atom stereocenters. The molecule has 6 nitrogen and oxygen atoms in total. The lowest BCUT2D eigenvalue weighted by atomic mass is 10.3. The number of hydrazine groups is 1. The van der Waals surface area contributed by atoms with Gasteiger partial charge in [0.2, 0.25) is 0 Å². The molecule has 0 bridgehead atoms. The highest BCUT2D eigenvalue weighted by molar-refractivity contribution is 6.33. The van der Waals surface area contributed by atoms with Gasteiger partial charge in [0.05, 0.1) is 10.7 Å². The quantitative estimate of drug-likeness (QED) is 0.877. The first-order valence-electron chi connectivity index (χ1n) is 6.05. The van der Waals surface area contributed by atoms with Crippen LogP contribution in [0.3, 0.4) is 0 Å². The van der Waals surface area contributed by atoms with Crippen molar-refractivity contribution in [3.8, 4) is 0 Å². The summed E-state index contributed by atoms with van der Waals surface area (Å²) in [5, 5.41) is 5.62. The summed E-state index contributed by atoms with van der Waals surface area (Å²) in [6, 6.07) is 3.23. The van der Waals surface area contributed by atoms with Crippen LogP contribution in [0, 0.1) is 5.82 Å². The van der Waals surface area contributed by atoms with Crippen LogP contribution in [0.1, 0.15) is 6.42 Å². The Balaban J connectivity index is 2.14. The summed E-state index contributed by atoms with van der Waals surface area (Å²) < 4.78 is 13.1. The van der Waals surface area contributed by atoms with E-state index >= 15 is 0 Å². The monoisotopic (exact) mass is 300 g/mol. The molecule has 1 heterocycles. The molecule has 0 atom stereocenters. The molecule has 0 aliphatic carbocycles. The molecule has 2 rings (SSSR count). The van der Waals surface area contributed by atoms with Crippen molar-refractivity contribution in [3.63, 3.8) is 0 Å². The number of anilines is 1. The van der Waals surface area contributed by atoms with E-state index in [1.54, 1.807) is 5.01 Å². The number of nitrogens with one attached hydrogen (secondary N) is 1. The smallest absolute Gasteiger partial charge is 0.312 e. The first-order valence-corrected chi connectivity index (χ1v) is 6.43.